The normalized spacial score (nSPS) is 15.9. The molecule has 1 aliphatic rings. The molecule has 7 nitrogen and oxygen atoms in total. The van der Waals surface area contributed by atoms with Gasteiger partial charge in [0.25, 0.3) is 5.91 Å². The molecule has 2 aromatic rings. The summed E-state index contributed by atoms with van der Waals surface area (Å²) >= 11 is 7.94. The second kappa shape index (κ2) is 12.9. The fourth-order valence-corrected chi connectivity index (χ4v) is 4.70. The molecule has 1 atom stereocenters. The Morgan fingerprint density at radius 1 is 1.25 bits per heavy atom. The first-order valence-electron chi connectivity index (χ1n) is 12.2. The molecule has 0 aliphatic carbocycles. The van der Waals surface area contributed by atoms with Crippen molar-refractivity contribution in [1.82, 2.24) is 9.88 Å². The topological polar surface area (TPSA) is 83.6 Å². The number of nitrogens with zero attached hydrogens (tertiary/aromatic N) is 2. The summed E-state index contributed by atoms with van der Waals surface area (Å²) in [6.07, 6.45) is 4.94. The Labute approximate surface area is 230 Å². The summed E-state index contributed by atoms with van der Waals surface area (Å²) in [4.78, 5) is 31.1. The number of piperidine rings is 1. The number of unbranched alkanes of at least 4 members (excludes halogenated alkanes) is 1. The lowest BCUT2D eigenvalue weighted by atomic mass is 9.93. The molecule has 0 saturated carbocycles. The van der Waals surface area contributed by atoms with Crippen LogP contribution in [0.5, 0.6) is 0 Å². The Hall–Kier alpha value is -2.14. The van der Waals surface area contributed by atoms with Gasteiger partial charge in [0.15, 0.2) is 0 Å². The van der Waals surface area contributed by atoms with E-state index in [1.165, 1.54) is 12.1 Å². The van der Waals surface area contributed by atoms with E-state index in [9.17, 15) is 14.0 Å². The van der Waals surface area contributed by atoms with E-state index in [1.54, 1.807) is 6.07 Å². The van der Waals surface area contributed by atoms with Gasteiger partial charge in [0.1, 0.15) is 23.1 Å². The predicted octanol–water partition coefficient (Wildman–Crippen LogP) is 6.96. The number of hydrogen-bond donors (Lipinski definition) is 2. The van der Waals surface area contributed by atoms with Crippen LogP contribution in [-0.4, -0.2) is 47.1 Å². The lowest BCUT2D eigenvalue weighted by Gasteiger charge is -2.34. The minimum atomic E-state index is -0.684. The van der Waals surface area contributed by atoms with Crippen LogP contribution in [0.1, 0.15) is 63.2 Å². The number of benzene rings is 1. The smallest absolute Gasteiger partial charge is 0.410 e. The average Bonchev–Trinajstić information content (AvgIpc) is 2.79. The van der Waals surface area contributed by atoms with Gasteiger partial charge >= 0.3 is 6.09 Å². The largest absolute Gasteiger partial charge is 0.444 e. The monoisotopic (exact) mass is 630 g/mol. The zero-order chi connectivity index (χ0) is 26.3. The van der Waals surface area contributed by atoms with Crippen molar-refractivity contribution >= 4 is 57.8 Å². The van der Waals surface area contributed by atoms with Crippen LogP contribution < -0.4 is 10.6 Å². The van der Waals surface area contributed by atoms with E-state index >= 15 is 0 Å². The number of pyridine rings is 1. The molecule has 2 heterocycles. The maximum Gasteiger partial charge on any atom is 0.410 e. The van der Waals surface area contributed by atoms with E-state index in [1.807, 2.05) is 31.7 Å². The fourth-order valence-electron chi connectivity index (χ4n) is 4.05. The molecular weight excluding hydrogens is 598 g/mol. The summed E-state index contributed by atoms with van der Waals surface area (Å²) < 4.78 is 20.5. The first-order valence-corrected chi connectivity index (χ1v) is 13.6. The molecule has 1 aliphatic heterocycles. The van der Waals surface area contributed by atoms with Crippen LogP contribution in [0.2, 0.25) is 5.02 Å². The third-order valence-electron chi connectivity index (χ3n) is 5.77. The SMILES string of the molecule is CC(C)(C)OC(=O)N1CCCC(CCCCNc2nc(NC(=O)c3ccc(Cl)cc3F)ccc2I)C1. The number of anilines is 2. The van der Waals surface area contributed by atoms with E-state index in [0.717, 1.165) is 61.4 Å². The molecule has 2 amide bonds. The number of ether oxygens (including phenoxy) is 1. The maximum absolute atomic E-state index is 14.0. The highest BCUT2D eigenvalue weighted by molar-refractivity contribution is 14.1. The number of rotatable bonds is 8. The molecule has 1 fully saturated rings. The van der Waals surface area contributed by atoms with Crippen molar-refractivity contribution in [3.8, 4) is 0 Å². The third kappa shape index (κ3) is 8.76. The fraction of sp³-hybridized carbons (Fsp3) is 0.500. The van der Waals surface area contributed by atoms with Crippen molar-refractivity contribution < 1.29 is 18.7 Å². The Balaban J connectivity index is 1.44. The Morgan fingerprint density at radius 3 is 2.75 bits per heavy atom. The van der Waals surface area contributed by atoms with Crippen molar-refractivity contribution in [2.45, 2.75) is 58.5 Å². The highest BCUT2D eigenvalue weighted by Gasteiger charge is 2.27. The summed E-state index contributed by atoms with van der Waals surface area (Å²) in [6, 6.07) is 7.44. The van der Waals surface area contributed by atoms with Gasteiger partial charge in [-0.25, -0.2) is 14.2 Å². The summed E-state index contributed by atoms with van der Waals surface area (Å²) in [7, 11) is 0. The number of hydrogen-bond acceptors (Lipinski definition) is 5. The summed E-state index contributed by atoms with van der Waals surface area (Å²) in [5.74, 6) is 0.213. The second-order valence-electron chi connectivity index (χ2n) is 9.96. The molecule has 0 radical (unpaired) electrons. The van der Waals surface area contributed by atoms with E-state index < -0.39 is 17.3 Å². The first kappa shape index (κ1) is 28.4. The summed E-state index contributed by atoms with van der Waals surface area (Å²) in [5, 5.41) is 6.20. The molecule has 1 aromatic carbocycles. The van der Waals surface area contributed by atoms with E-state index in [-0.39, 0.29) is 16.7 Å². The number of nitrogens with one attached hydrogen (secondary N) is 2. The van der Waals surface area contributed by atoms with Gasteiger partial charge in [0, 0.05) is 24.7 Å². The standard InChI is InChI=1S/C26H33ClFIN4O3/c1-26(2,3)36-25(35)33-14-6-8-17(16-33)7-4-5-13-30-23-21(29)11-12-22(31-23)32-24(34)19-10-9-18(27)15-20(19)28/h9-12,15,17H,4-8,13-14,16H2,1-3H3,(H2,30,31,32,34). The molecule has 1 unspecified atom stereocenters. The van der Waals surface area contributed by atoms with Gasteiger partial charge in [-0.2, -0.15) is 0 Å². The molecular formula is C26H33ClFIN4O3. The molecule has 0 spiro atoms. The van der Waals surface area contributed by atoms with Gasteiger partial charge < -0.3 is 20.3 Å². The number of likely N-dealkylation sites (tertiary alicyclic amines) is 1. The van der Waals surface area contributed by atoms with Crippen molar-refractivity contribution in [2.24, 2.45) is 5.92 Å². The highest BCUT2D eigenvalue weighted by Crippen LogP contribution is 2.24. The Morgan fingerprint density at radius 2 is 2.03 bits per heavy atom. The number of aromatic nitrogens is 1. The summed E-state index contributed by atoms with van der Waals surface area (Å²) in [6.45, 7) is 7.90. The summed E-state index contributed by atoms with van der Waals surface area (Å²) in [5.41, 5.74) is -0.574. The minimum Gasteiger partial charge on any atom is -0.444 e. The molecule has 1 aromatic heterocycles. The number of carbonyl (C=O) groups is 2. The van der Waals surface area contributed by atoms with Crippen LogP contribution >= 0.6 is 34.2 Å². The van der Waals surface area contributed by atoms with E-state index in [0.29, 0.717) is 17.6 Å². The van der Waals surface area contributed by atoms with Crippen LogP contribution in [0.3, 0.4) is 0 Å². The zero-order valence-corrected chi connectivity index (χ0v) is 23.8. The van der Waals surface area contributed by atoms with Crippen LogP contribution in [0.25, 0.3) is 0 Å². The Bertz CT molecular complexity index is 1080. The van der Waals surface area contributed by atoms with Gasteiger partial charge in [0.05, 0.1) is 9.13 Å². The molecule has 2 N–H and O–H groups in total. The molecule has 0 bridgehead atoms. The number of carbonyl (C=O) groups excluding carboxylic acids is 2. The number of amides is 2. The average molecular weight is 631 g/mol. The van der Waals surface area contributed by atoms with Crippen molar-refractivity contribution in [1.29, 1.82) is 0 Å². The Kier molecular flexibility index (Phi) is 10.2. The molecule has 10 heteroatoms. The van der Waals surface area contributed by atoms with Gasteiger partial charge in [-0.3, -0.25) is 4.79 Å². The highest BCUT2D eigenvalue weighted by atomic mass is 127. The van der Waals surface area contributed by atoms with Crippen molar-refractivity contribution in [3.63, 3.8) is 0 Å². The second-order valence-corrected chi connectivity index (χ2v) is 11.6. The quantitative estimate of drug-likeness (QED) is 0.243. The lowest BCUT2D eigenvalue weighted by molar-refractivity contribution is 0.0160. The van der Waals surface area contributed by atoms with Crippen LogP contribution in [0, 0.1) is 15.3 Å². The molecule has 36 heavy (non-hydrogen) atoms. The first-order chi connectivity index (χ1) is 17.0. The van der Waals surface area contributed by atoms with Crippen molar-refractivity contribution in [2.75, 3.05) is 30.3 Å². The van der Waals surface area contributed by atoms with E-state index in [2.05, 4.69) is 38.2 Å². The number of halogens is 3. The van der Waals surface area contributed by atoms with Crippen LogP contribution in [0.4, 0.5) is 20.8 Å². The molecule has 1 saturated heterocycles. The maximum atomic E-state index is 14.0. The van der Waals surface area contributed by atoms with E-state index in [4.69, 9.17) is 16.3 Å². The molecule has 196 valence electrons. The third-order valence-corrected chi connectivity index (χ3v) is 6.87. The van der Waals surface area contributed by atoms with Gasteiger partial charge in [-0.15, -0.1) is 0 Å². The van der Waals surface area contributed by atoms with Crippen LogP contribution in [0.15, 0.2) is 30.3 Å². The van der Waals surface area contributed by atoms with Crippen LogP contribution in [-0.2, 0) is 4.74 Å². The predicted molar refractivity (Wildman–Crippen MR) is 149 cm³/mol. The van der Waals surface area contributed by atoms with Gasteiger partial charge in [-0.1, -0.05) is 18.0 Å². The van der Waals surface area contributed by atoms with Crippen molar-refractivity contribution in [3.05, 3.63) is 50.3 Å². The zero-order valence-electron chi connectivity index (χ0n) is 20.9. The van der Waals surface area contributed by atoms with Gasteiger partial charge in [0.2, 0.25) is 0 Å². The lowest BCUT2D eigenvalue weighted by Crippen LogP contribution is -2.42. The van der Waals surface area contributed by atoms with Gasteiger partial charge in [-0.05, 0) is 105 Å². The minimum absolute atomic E-state index is 0.0952. The molecule has 3 rings (SSSR count).